The summed E-state index contributed by atoms with van der Waals surface area (Å²) in [7, 11) is 0. The first kappa shape index (κ1) is 23.4. The predicted octanol–water partition coefficient (Wildman–Crippen LogP) is 4.52. The van der Waals surface area contributed by atoms with Crippen molar-refractivity contribution in [2.75, 3.05) is 31.1 Å². The number of anilines is 1. The summed E-state index contributed by atoms with van der Waals surface area (Å²) < 4.78 is 0. The Morgan fingerprint density at radius 2 is 1.65 bits per heavy atom. The molecule has 2 amide bonds. The summed E-state index contributed by atoms with van der Waals surface area (Å²) in [6, 6.07) is 8.65. The van der Waals surface area contributed by atoms with Crippen molar-refractivity contribution in [1.82, 2.24) is 15.2 Å². The minimum atomic E-state index is -0.109. The highest BCUT2D eigenvalue weighted by molar-refractivity contribution is 6.35. The molecule has 2 aromatic rings. The van der Waals surface area contributed by atoms with E-state index in [2.05, 4.69) is 29.0 Å². The second-order valence-corrected chi connectivity index (χ2v) is 9.22. The van der Waals surface area contributed by atoms with Gasteiger partial charge in [0.2, 0.25) is 0 Å². The van der Waals surface area contributed by atoms with Crippen molar-refractivity contribution in [3.05, 3.63) is 57.7 Å². The average Bonchev–Trinajstić information content (AvgIpc) is 2.72. The lowest BCUT2D eigenvalue weighted by Crippen LogP contribution is -2.49. The topological polar surface area (TPSA) is 65.5 Å². The second-order valence-electron chi connectivity index (χ2n) is 8.35. The Kier molecular flexibility index (Phi) is 7.79. The molecule has 3 rings (SSSR count). The molecule has 8 heteroatoms. The molecule has 0 saturated carbocycles. The van der Waals surface area contributed by atoms with Crippen molar-refractivity contribution in [3.63, 3.8) is 0 Å². The van der Waals surface area contributed by atoms with Crippen molar-refractivity contribution >= 4 is 40.8 Å². The third kappa shape index (κ3) is 6.34. The van der Waals surface area contributed by atoms with E-state index < -0.39 is 0 Å². The van der Waals surface area contributed by atoms with Gasteiger partial charge in [-0.3, -0.25) is 9.59 Å². The zero-order valence-corrected chi connectivity index (χ0v) is 19.6. The van der Waals surface area contributed by atoms with E-state index in [-0.39, 0.29) is 17.9 Å². The summed E-state index contributed by atoms with van der Waals surface area (Å²) >= 11 is 12.0. The van der Waals surface area contributed by atoms with Crippen LogP contribution >= 0.6 is 23.2 Å². The molecule has 0 spiro atoms. The number of rotatable bonds is 6. The molecule has 6 nitrogen and oxygen atoms in total. The molecule has 1 saturated heterocycles. The van der Waals surface area contributed by atoms with E-state index in [1.807, 2.05) is 13.0 Å². The van der Waals surface area contributed by atoms with E-state index in [9.17, 15) is 9.59 Å². The summed E-state index contributed by atoms with van der Waals surface area (Å²) in [5.74, 6) is 1.13. The zero-order valence-electron chi connectivity index (χ0n) is 18.1. The molecule has 166 valence electrons. The summed E-state index contributed by atoms with van der Waals surface area (Å²) in [6.07, 6.45) is 2.54. The molecule has 0 aliphatic carbocycles. The van der Waals surface area contributed by atoms with Crippen LogP contribution in [0.3, 0.4) is 0 Å². The molecule has 0 radical (unpaired) electrons. The number of benzene rings is 1. The van der Waals surface area contributed by atoms with Crippen molar-refractivity contribution in [2.24, 2.45) is 5.92 Å². The lowest BCUT2D eigenvalue weighted by atomic mass is 10.1. The number of pyridine rings is 1. The van der Waals surface area contributed by atoms with Gasteiger partial charge in [-0.2, -0.15) is 0 Å². The number of aromatic nitrogens is 1. The van der Waals surface area contributed by atoms with Crippen LogP contribution in [0.25, 0.3) is 0 Å². The molecule has 1 N–H and O–H groups in total. The molecule has 1 unspecified atom stereocenters. The van der Waals surface area contributed by atoms with Crippen molar-refractivity contribution in [2.45, 2.75) is 33.2 Å². The van der Waals surface area contributed by atoms with Gasteiger partial charge in [0, 0.05) is 54.0 Å². The molecular weight excluding hydrogens is 435 g/mol. The maximum atomic E-state index is 12.8. The Hall–Kier alpha value is -2.31. The number of carbonyl (C=O) groups is 2. The number of hydrogen-bond acceptors (Lipinski definition) is 4. The minimum Gasteiger partial charge on any atom is -0.353 e. The Morgan fingerprint density at radius 3 is 2.19 bits per heavy atom. The average molecular weight is 463 g/mol. The Balaban J connectivity index is 1.56. The highest BCUT2D eigenvalue weighted by atomic mass is 35.5. The van der Waals surface area contributed by atoms with Gasteiger partial charge in [0.25, 0.3) is 11.8 Å². The number of halogens is 2. The smallest absolute Gasteiger partial charge is 0.254 e. The summed E-state index contributed by atoms with van der Waals surface area (Å²) in [6.45, 7) is 8.73. The quantitative estimate of drug-likeness (QED) is 0.685. The lowest BCUT2D eigenvalue weighted by Gasteiger charge is -2.35. The van der Waals surface area contributed by atoms with E-state index in [0.717, 1.165) is 12.2 Å². The first-order valence-electron chi connectivity index (χ1n) is 10.5. The molecule has 1 aliphatic heterocycles. The Morgan fingerprint density at radius 1 is 1.00 bits per heavy atom. The van der Waals surface area contributed by atoms with E-state index in [1.54, 1.807) is 35.4 Å². The maximum absolute atomic E-state index is 12.8. The van der Waals surface area contributed by atoms with Gasteiger partial charge in [-0.15, -0.1) is 0 Å². The fraction of sp³-hybridized carbons (Fsp3) is 0.435. The van der Waals surface area contributed by atoms with Crippen LogP contribution in [0, 0.1) is 5.92 Å². The number of piperazine rings is 1. The Labute approximate surface area is 193 Å². The van der Waals surface area contributed by atoms with E-state index in [4.69, 9.17) is 23.2 Å². The van der Waals surface area contributed by atoms with Crippen molar-refractivity contribution < 1.29 is 9.59 Å². The number of amides is 2. The fourth-order valence-electron chi connectivity index (χ4n) is 3.78. The van der Waals surface area contributed by atoms with E-state index in [0.29, 0.717) is 53.3 Å². The first-order chi connectivity index (χ1) is 14.7. The van der Waals surface area contributed by atoms with Gasteiger partial charge in [0.05, 0.1) is 5.56 Å². The van der Waals surface area contributed by atoms with Crippen LogP contribution in [0.4, 0.5) is 5.82 Å². The highest BCUT2D eigenvalue weighted by Gasteiger charge is 2.23. The van der Waals surface area contributed by atoms with Gasteiger partial charge < -0.3 is 15.1 Å². The van der Waals surface area contributed by atoms with Crippen LogP contribution in [0.2, 0.25) is 10.0 Å². The Bertz CT molecular complexity index is 905. The van der Waals surface area contributed by atoms with Crippen LogP contribution in [0.15, 0.2) is 36.5 Å². The number of carbonyl (C=O) groups excluding carboxylic acids is 2. The molecule has 1 fully saturated rings. The van der Waals surface area contributed by atoms with Crippen LogP contribution in [0.5, 0.6) is 0 Å². The van der Waals surface area contributed by atoms with E-state index in [1.165, 1.54) is 0 Å². The third-order valence-corrected chi connectivity index (χ3v) is 5.65. The minimum absolute atomic E-state index is 0.0838. The largest absolute Gasteiger partial charge is 0.353 e. The van der Waals surface area contributed by atoms with Crippen LogP contribution in [0.1, 0.15) is 47.9 Å². The fourth-order valence-corrected chi connectivity index (χ4v) is 4.31. The molecule has 1 aromatic heterocycles. The maximum Gasteiger partial charge on any atom is 0.254 e. The molecule has 2 heterocycles. The van der Waals surface area contributed by atoms with E-state index >= 15 is 0 Å². The first-order valence-corrected chi connectivity index (χ1v) is 11.3. The van der Waals surface area contributed by atoms with Crippen molar-refractivity contribution in [1.29, 1.82) is 0 Å². The zero-order chi connectivity index (χ0) is 22.5. The predicted molar refractivity (Wildman–Crippen MR) is 125 cm³/mol. The second kappa shape index (κ2) is 10.3. The summed E-state index contributed by atoms with van der Waals surface area (Å²) in [5.41, 5.74) is 1.04. The van der Waals surface area contributed by atoms with Crippen LogP contribution in [-0.2, 0) is 0 Å². The molecular formula is C23H28Cl2N4O2. The number of hydrogen-bond donors (Lipinski definition) is 1. The number of nitrogens with zero attached hydrogens (tertiary/aromatic N) is 3. The number of nitrogens with one attached hydrogen (secondary N) is 1. The van der Waals surface area contributed by atoms with Gasteiger partial charge >= 0.3 is 0 Å². The molecule has 31 heavy (non-hydrogen) atoms. The van der Waals surface area contributed by atoms with Gasteiger partial charge in [0.15, 0.2) is 0 Å². The normalized spacial score (nSPS) is 15.2. The molecule has 1 aromatic carbocycles. The SMILES string of the molecule is CC(C)CC(C)NC(=O)c1ccc(N2CCN(C(=O)c3cc(Cl)cc(Cl)c3)CC2)nc1. The highest BCUT2D eigenvalue weighted by Crippen LogP contribution is 2.21. The van der Waals surface area contributed by atoms with Crippen LogP contribution < -0.4 is 10.2 Å². The lowest BCUT2D eigenvalue weighted by molar-refractivity contribution is 0.0746. The summed E-state index contributed by atoms with van der Waals surface area (Å²) in [4.78, 5) is 33.5. The standard InChI is InChI=1S/C23H28Cl2N4O2/c1-15(2)10-16(3)27-22(30)17-4-5-21(26-14-17)28-6-8-29(9-7-28)23(31)18-11-19(24)13-20(25)12-18/h4-5,11-16H,6-10H2,1-3H3,(H,27,30). The molecule has 0 bridgehead atoms. The van der Waals surface area contributed by atoms with Gasteiger partial charge in [-0.05, 0) is 49.6 Å². The molecule has 1 atom stereocenters. The van der Waals surface area contributed by atoms with Gasteiger partial charge in [0.1, 0.15) is 5.82 Å². The van der Waals surface area contributed by atoms with Crippen molar-refractivity contribution in [3.8, 4) is 0 Å². The van der Waals surface area contributed by atoms with Gasteiger partial charge in [-0.1, -0.05) is 37.0 Å². The third-order valence-electron chi connectivity index (χ3n) is 5.21. The summed E-state index contributed by atoms with van der Waals surface area (Å²) in [5, 5.41) is 3.90. The molecule has 1 aliphatic rings. The van der Waals surface area contributed by atoms with Gasteiger partial charge in [-0.25, -0.2) is 4.98 Å². The monoisotopic (exact) mass is 462 g/mol. The van der Waals surface area contributed by atoms with Crippen LogP contribution in [-0.4, -0.2) is 53.9 Å².